The molecule has 0 fully saturated rings. The fraction of sp³-hybridized carbons (Fsp3) is 0.207. The standard InChI is InChI=1S/C29H29N5O3S/c1-4-37-22-14-10-13-21(17-22)26-25(27(35)31-23-15-8-9-16-24(23)36-3)19(2)30-28-32-29(33-34(26)28)38-18-20-11-6-5-7-12-20/h5-17,26H,4,18H2,1-3H3,(H,31,35)(H,30,32,33). The van der Waals surface area contributed by atoms with Gasteiger partial charge in [0, 0.05) is 11.4 Å². The van der Waals surface area contributed by atoms with E-state index in [1.807, 2.05) is 80.6 Å². The average molecular weight is 528 g/mol. The average Bonchev–Trinajstić information content (AvgIpc) is 3.34. The number of nitrogens with zero attached hydrogens (tertiary/aromatic N) is 3. The van der Waals surface area contributed by atoms with E-state index in [9.17, 15) is 4.79 Å². The van der Waals surface area contributed by atoms with Gasteiger partial charge in [-0.1, -0.05) is 66.4 Å². The molecule has 0 radical (unpaired) electrons. The van der Waals surface area contributed by atoms with Gasteiger partial charge in [0.15, 0.2) is 0 Å². The fourth-order valence-corrected chi connectivity index (χ4v) is 5.18. The van der Waals surface area contributed by atoms with Crippen LogP contribution in [0.5, 0.6) is 11.5 Å². The van der Waals surface area contributed by atoms with E-state index in [0.29, 0.717) is 40.4 Å². The smallest absolute Gasteiger partial charge is 0.255 e. The molecular formula is C29H29N5O3S. The lowest BCUT2D eigenvalue weighted by atomic mass is 9.94. The van der Waals surface area contributed by atoms with Crippen LogP contribution in [0.4, 0.5) is 11.6 Å². The van der Waals surface area contributed by atoms with Crippen molar-refractivity contribution in [2.24, 2.45) is 0 Å². The Morgan fingerprint density at radius 2 is 1.87 bits per heavy atom. The highest BCUT2D eigenvalue weighted by Crippen LogP contribution is 2.38. The first-order chi connectivity index (χ1) is 18.6. The number of carbonyl (C=O) groups is 1. The Hall–Kier alpha value is -4.24. The van der Waals surface area contributed by atoms with Gasteiger partial charge in [-0.15, -0.1) is 5.10 Å². The molecule has 1 unspecified atom stereocenters. The molecule has 8 nitrogen and oxygen atoms in total. The minimum Gasteiger partial charge on any atom is -0.495 e. The van der Waals surface area contributed by atoms with E-state index >= 15 is 0 Å². The zero-order valence-electron chi connectivity index (χ0n) is 21.5. The zero-order chi connectivity index (χ0) is 26.5. The Balaban J connectivity index is 1.52. The van der Waals surface area contributed by atoms with Crippen LogP contribution in [0.3, 0.4) is 0 Å². The van der Waals surface area contributed by atoms with Crippen LogP contribution in [-0.4, -0.2) is 34.4 Å². The van der Waals surface area contributed by atoms with Gasteiger partial charge in [-0.3, -0.25) is 4.79 Å². The number of benzene rings is 3. The third-order valence-electron chi connectivity index (χ3n) is 6.13. The molecule has 0 saturated carbocycles. The highest BCUT2D eigenvalue weighted by molar-refractivity contribution is 7.98. The molecule has 5 rings (SSSR count). The summed E-state index contributed by atoms with van der Waals surface area (Å²) in [7, 11) is 1.58. The summed E-state index contributed by atoms with van der Waals surface area (Å²) >= 11 is 1.55. The number of para-hydroxylation sites is 2. The minimum atomic E-state index is -0.514. The van der Waals surface area contributed by atoms with Crippen LogP contribution in [0.2, 0.25) is 0 Å². The molecule has 4 aromatic rings. The summed E-state index contributed by atoms with van der Waals surface area (Å²) in [6.45, 7) is 4.37. The molecule has 0 spiro atoms. The summed E-state index contributed by atoms with van der Waals surface area (Å²) in [4.78, 5) is 18.5. The van der Waals surface area contributed by atoms with Crippen molar-refractivity contribution in [3.8, 4) is 11.5 Å². The SMILES string of the molecule is CCOc1cccc(C2C(C(=O)Nc3ccccc3OC)=C(C)Nc3nc(SCc4ccccc4)nn32)c1. The number of amides is 1. The van der Waals surface area contributed by atoms with E-state index in [1.54, 1.807) is 23.6 Å². The lowest BCUT2D eigenvalue weighted by Crippen LogP contribution is -2.31. The second kappa shape index (κ2) is 11.4. The van der Waals surface area contributed by atoms with Crippen LogP contribution < -0.4 is 20.1 Å². The van der Waals surface area contributed by atoms with E-state index in [2.05, 4.69) is 22.8 Å². The molecule has 2 heterocycles. The molecule has 1 atom stereocenters. The van der Waals surface area contributed by atoms with Gasteiger partial charge in [0.25, 0.3) is 5.91 Å². The van der Waals surface area contributed by atoms with Gasteiger partial charge >= 0.3 is 0 Å². The molecule has 38 heavy (non-hydrogen) atoms. The molecule has 1 amide bonds. The number of thioether (sulfide) groups is 1. The van der Waals surface area contributed by atoms with Gasteiger partial charge in [0.2, 0.25) is 11.1 Å². The molecule has 9 heteroatoms. The molecular weight excluding hydrogens is 498 g/mol. The van der Waals surface area contributed by atoms with Crippen molar-refractivity contribution in [3.05, 3.63) is 101 Å². The predicted molar refractivity (Wildman–Crippen MR) is 150 cm³/mol. The lowest BCUT2D eigenvalue weighted by Gasteiger charge is -2.29. The Morgan fingerprint density at radius 3 is 2.66 bits per heavy atom. The first-order valence-electron chi connectivity index (χ1n) is 12.4. The summed E-state index contributed by atoms with van der Waals surface area (Å²) in [5.41, 5.74) is 3.87. The van der Waals surface area contributed by atoms with E-state index in [4.69, 9.17) is 19.6 Å². The number of nitrogens with one attached hydrogen (secondary N) is 2. The number of rotatable bonds is 9. The number of methoxy groups -OCH3 is 1. The quantitative estimate of drug-likeness (QED) is 0.262. The maximum absolute atomic E-state index is 13.8. The number of anilines is 2. The molecule has 2 N–H and O–H groups in total. The van der Waals surface area contributed by atoms with Crippen molar-refractivity contribution in [3.63, 3.8) is 0 Å². The van der Waals surface area contributed by atoms with Gasteiger partial charge in [-0.05, 0) is 49.2 Å². The van der Waals surface area contributed by atoms with Gasteiger partial charge in [-0.25, -0.2) is 4.68 Å². The van der Waals surface area contributed by atoms with Crippen LogP contribution in [-0.2, 0) is 10.5 Å². The van der Waals surface area contributed by atoms with Crippen molar-refractivity contribution in [2.75, 3.05) is 24.4 Å². The van der Waals surface area contributed by atoms with Gasteiger partial charge < -0.3 is 20.1 Å². The number of allylic oxidation sites excluding steroid dienone is 1. The van der Waals surface area contributed by atoms with Gasteiger partial charge in [0.1, 0.15) is 17.5 Å². The van der Waals surface area contributed by atoms with Crippen LogP contribution >= 0.6 is 11.8 Å². The molecule has 0 aliphatic carbocycles. The third-order valence-corrected chi connectivity index (χ3v) is 7.04. The second-order valence-corrected chi connectivity index (χ2v) is 9.61. The maximum atomic E-state index is 13.8. The Kier molecular flexibility index (Phi) is 7.65. The van der Waals surface area contributed by atoms with Crippen LogP contribution in [0.1, 0.15) is 31.0 Å². The Morgan fingerprint density at radius 1 is 1.08 bits per heavy atom. The molecule has 1 aliphatic rings. The fourth-order valence-electron chi connectivity index (χ4n) is 4.40. The number of ether oxygens (including phenoxy) is 2. The third kappa shape index (κ3) is 5.38. The molecule has 0 saturated heterocycles. The zero-order valence-corrected chi connectivity index (χ0v) is 22.3. The normalized spacial score (nSPS) is 14.4. The summed E-state index contributed by atoms with van der Waals surface area (Å²) in [5, 5.41) is 11.8. The highest BCUT2D eigenvalue weighted by Gasteiger charge is 2.35. The van der Waals surface area contributed by atoms with Crippen molar-refractivity contribution >= 4 is 29.3 Å². The Bertz CT molecular complexity index is 1470. The number of hydrogen-bond donors (Lipinski definition) is 2. The minimum absolute atomic E-state index is 0.258. The van der Waals surface area contributed by atoms with E-state index < -0.39 is 6.04 Å². The van der Waals surface area contributed by atoms with E-state index in [1.165, 1.54) is 5.56 Å². The lowest BCUT2D eigenvalue weighted by molar-refractivity contribution is -0.113. The largest absolute Gasteiger partial charge is 0.495 e. The van der Waals surface area contributed by atoms with Crippen molar-refractivity contribution < 1.29 is 14.3 Å². The second-order valence-electron chi connectivity index (χ2n) is 8.66. The molecule has 3 aromatic carbocycles. The Labute approximate surface area is 226 Å². The first-order valence-corrected chi connectivity index (χ1v) is 13.3. The number of aromatic nitrogens is 3. The van der Waals surface area contributed by atoms with Gasteiger partial charge in [-0.2, -0.15) is 4.98 Å². The van der Waals surface area contributed by atoms with Crippen molar-refractivity contribution in [1.29, 1.82) is 0 Å². The maximum Gasteiger partial charge on any atom is 0.255 e. The summed E-state index contributed by atoms with van der Waals surface area (Å²) in [6.07, 6.45) is 0. The van der Waals surface area contributed by atoms with Crippen LogP contribution in [0.25, 0.3) is 0 Å². The van der Waals surface area contributed by atoms with Crippen molar-refractivity contribution in [1.82, 2.24) is 14.8 Å². The number of carbonyl (C=O) groups excluding carboxylic acids is 1. The molecule has 1 aliphatic heterocycles. The van der Waals surface area contributed by atoms with Gasteiger partial charge in [0.05, 0.1) is 25.0 Å². The molecule has 0 bridgehead atoms. The van der Waals surface area contributed by atoms with Crippen LogP contribution in [0.15, 0.2) is 95.3 Å². The first kappa shape index (κ1) is 25.4. The van der Waals surface area contributed by atoms with Crippen LogP contribution in [0, 0.1) is 0 Å². The van der Waals surface area contributed by atoms with E-state index in [0.717, 1.165) is 17.1 Å². The number of fused-ring (bicyclic) bond motifs is 1. The number of hydrogen-bond acceptors (Lipinski definition) is 7. The summed E-state index contributed by atoms with van der Waals surface area (Å²) in [6, 6.07) is 24.8. The van der Waals surface area contributed by atoms with Crippen molar-refractivity contribution in [2.45, 2.75) is 30.8 Å². The summed E-state index contributed by atoms with van der Waals surface area (Å²) in [5.74, 6) is 2.37. The predicted octanol–water partition coefficient (Wildman–Crippen LogP) is 5.91. The highest BCUT2D eigenvalue weighted by atomic mass is 32.2. The molecule has 194 valence electrons. The summed E-state index contributed by atoms with van der Waals surface area (Å²) < 4.78 is 13.0. The monoisotopic (exact) mass is 527 g/mol. The van der Waals surface area contributed by atoms with E-state index in [-0.39, 0.29) is 5.91 Å². The topological polar surface area (TPSA) is 90.3 Å². The molecule has 1 aromatic heterocycles.